The Hall–Kier alpha value is -1.23. The van der Waals surface area contributed by atoms with Crippen LogP contribution in [-0.4, -0.2) is 38.7 Å². The van der Waals surface area contributed by atoms with E-state index in [1.165, 1.54) is 12.6 Å². The van der Waals surface area contributed by atoms with Gasteiger partial charge in [-0.05, 0) is 6.54 Å². The van der Waals surface area contributed by atoms with Crippen molar-refractivity contribution in [2.45, 2.75) is 6.92 Å². The lowest BCUT2D eigenvalue weighted by Gasteiger charge is -1.90. The van der Waals surface area contributed by atoms with E-state index in [1.54, 1.807) is 7.05 Å². The quantitative estimate of drug-likeness (QED) is 0.328. The first-order chi connectivity index (χ1) is 5.81. The molecule has 0 saturated carbocycles. The molecule has 0 fully saturated rings. The van der Waals surface area contributed by atoms with Gasteiger partial charge in [-0.15, -0.1) is 0 Å². The summed E-state index contributed by atoms with van der Waals surface area (Å²) in [6.45, 7) is 3.39. The molecule has 0 bridgehead atoms. The first-order valence-electron chi connectivity index (χ1n) is 3.75. The van der Waals surface area contributed by atoms with E-state index in [-0.39, 0.29) is 5.91 Å². The van der Waals surface area contributed by atoms with Gasteiger partial charge in [-0.3, -0.25) is 15.1 Å². The molecule has 1 amide bonds. The molecule has 0 aromatic heterocycles. The molecule has 0 heterocycles. The zero-order valence-electron chi connectivity index (χ0n) is 7.37. The van der Waals surface area contributed by atoms with Crippen LogP contribution in [0.2, 0.25) is 0 Å². The minimum Gasteiger partial charge on any atom is -0.354 e. The van der Waals surface area contributed by atoms with E-state index in [0.29, 0.717) is 6.67 Å². The molecule has 0 aliphatic carbocycles. The number of carbonyl (C=O) groups excluding carboxylic acids is 1. The van der Waals surface area contributed by atoms with Crippen LogP contribution in [0, 0.1) is 0 Å². The predicted octanol–water partition coefficient (Wildman–Crippen LogP) is -0.601. The molecule has 5 nitrogen and oxygen atoms in total. The topological polar surface area (TPSA) is 65.8 Å². The van der Waals surface area contributed by atoms with Crippen LogP contribution in [0.5, 0.6) is 0 Å². The molecule has 0 rings (SSSR count). The van der Waals surface area contributed by atoms with Gasteiger partial charge in [0.25, 0.3) is 5.91 Å². The molecule has 0 aliphatic rings. The van der Waals surface area contributed by atoms with Gasteiger partial charge < -0.3 is 5.32 Å². The Bertz CT molecular complexity index is 176. The van der Waals surface area contributed by atoms with Crippen molar-refractivity contribution in [2.75, 3.05) is 20.3 Å². The fourth-order valence-corrected chi connectivity index (χ4v) is 0.430. The van der Waals surface area contributed by atoms with E-state index >= 15 is 0 Å². The Morgan fingerprint density at radius 3 is 2.92 bits per heavy atom. The van der Waals surface area contributed by atoms with Crippen molar-refractivity contribution in [3.63, 3.8) is 0 Å². The molecule has 0 saturated heterocycles. The summed E-state index contributed by atoms with van der Waals surface area (Å²) in [5.41, 5.74) is 0. The summed E-state index contributed by atoms with van der Waals surface area (Å²) in [5, 5.41) is 5.38. The minimum absolute atomic E-state index is 0.232. The zero-order valence-corrected chi connectivity index (χ0v) is 7.37. The average Bonchev–Trinajstić information content (AvgIpc) is 2.10. The molecule has 2 N–H and O–H groups in total. The Morgan fingerprint density at radius 1 is 1.58 bits per heavy atom. The molecule has 5 heteroatoms. The van der Waals surface area contributed by atoms with Gasteiger partial charge in [-0.25, -0.2) is 4.99 Å². The minimum atomic E-state index is -0.232. The lowest BCUT2D eigenvalue weighted by molar-refractivity contribution is -0.113. The van der Waals surface area contributed by atoms with Crippen LogP contribution in [0.15, 0.2) is 9.98 Å². The number of nitrogens with one attached hydrogen (secondary N) is 2. The largest absolute Gasteiger partial charge is 0.354 e. The number of hydrogen-bond donors (Lipinski definition) is 2. The van der Waals surface area contributed by atoms with Crippen LogP contribution in [0.1, 0.15) is 6.92 Å². The number of hydrogen-bond acceptors (Lipinski definition) is 3. The Morgan fingerprint density at radius 2 is 2.33 bits per heavy atom. The molecule has 0 radical (unpaired) electrons. The summed E-state index contributed by atoms with van der Waals surface area (Å²) in [7, 11) is 1.55. The van der Waals surface area contributed by atoms with Gasteiger partial charge in [-0.2, -0.15) is 0 Å². The summed E-state index contributed by atoms with van der Waals surface area (Å²) < 4.78 is 0. The van der Waals surface area contributed by atoms with Crippen LogP contribution < -0.4 is 10.6 Å². The maximum Gasteiger partial charge on any atom is 0.262 e. The van der Waals surface area contributed by atoms with E-state index in [2.05, 4.69) is 20.6 Å². The highest BCUT2D eigenvalue weighted by atomic mass is 16.1. The van der Waals surface area contributed by atoms with Crippen molar-refractivity contribution in [3.8, 4) is 0 Å². The van der Waals surface area contributed by atoms with Crippen molar-refractivity contribution in [1.29, 1.82) is 0 Å². The Labute approximate surface area is 72.0 Å². The van der Waals surface area contributed by atoms with E-state index in [9.17, 15) is 4.79 Å². The molecule has 0 spiro atoms. The maximum absolute atomic E-state index is 10.6. The Balaban J connectivity index is 3.45. The standard InChI is InChI=1S/C7H14N4O/c1-3-9-5-11-6-10-4-7(12)8-2/h4,6,9H,3,5H2,1-2H3,(H,8,12). The first-order valence-corrected chi connectivity index (χ1v) is 3.75. The van der Waals surface area contributed by atoms with Gasteiger partial charge in [-0.1, -0.05) is 6.92 Å². The van der Waals surface area contributed by atoms with Crippen molar-refractivity contribution in [1.82, 2.24) is 10.6 Å². The fraction of sp³-hybridized carbons (Fsp3) is 0.571. The second kappa shape index (κ2) is 7.87. The fourth-order valence-electron chi connectivity index (χ4n) is 0.430. The van der Waals surface area contributed by atoms with Gasteiger partial charge in [0, 0.05) is 7.05 Å². The third kappa shape index (κ3) is 6.88. The van der Waals surface area contributed by atoms with Crippen LogP contribution >= 0.6 is 0 Å². The zero-order chi connectivity index (χ0) is 9.23. The number of nitrogens with zero attached hydrogens (tertiary/aromatic N) is 2. The molecule has 0 aromatic rings. The summed E-state index contributed by atoms with van der Waals surface area (Å²) in [5.74, 6) is -0.232. The molecule has 12 heavy (non-hydrogen) atoms. The van der Waals surface area contributed by atoms with Crippen LogP contribution in [0.25, 0.3) is 0 Å². The van der Waals surface area contributed by atoms with E-state index in [1.807, 2.05) is 6.92 Å². The van der Waals surface area contributed by atoms with Crippen molar-refractivity contribution in [2.24, 2.45) is 9.98 Å². The van der Waals surface area contributed by atoms with Gasteiger partial charge >= 0.3 is 0 Å². The highest BCUT2D eigenvalue weighted by Gasteiger charge is 1.84. The van der Waals surface area contributed by atoms with Crippen molar-refractivity contribution >= 4 is 18.5 Å². The molecular formula is C7H14N4O. The van der Waals surface area contributed by atoms with E-state index in [4.69, 9.17) is 0 Å². The van der Waals surface area contributed by atoms with Gasteiger partial charge in [0.1, 0.15) is 6.34 Å². The second-order valence-corrected chi connectivity index (χ2v) is 1.95. The normalized spacial score (nSPS) is 11.2. The monoisotopic (exact) mass is 170 g/mol. The highest BCUT2D eigenvalue weighted by molar-refractivity contribution is 6.27. The highest BCUT2D eigenvalue weighted by Crippen LogP contribution is 1.64. The maximum atomic E-state index is 10.6. The third-order valence-electron chi connectivity index (χ3n) is 1.04. The molecule has 0 aromatic carbocycles. The molecule has 68 valence electrons. The summed E-state index contributed by atoms with van der Waals surface area (Å²) in [6, 6.07) is 0. The Kier molecular flexibility index (Phi) is 7.07. The smallest absolute Gasteiger partial charge is 0.262 e. The number of rotatable bonds is 5. The number of amides is 1. The SMILES string of the molecule is CCNCN=CN=CC(=O)NC. The lowest BCUT2D eigenvalue weighted by atomic mass is 10.7. The summed E-state index contributed by atoms with van der Waals surface area (Å²) >= 11 is 0. The predicted molar refractivity (Wildman–Crippen MR) is 49.6 cm³/mol. The van der Waals surface area contributed by atoms with Crippen molar-refractivity contribution in [3.05, 3.63) is 0 Å². The third-order valence-corrected chi connectivity index (χ3v) is 1.04. The first kappa shape index (κ1) is 10.8. The second-order valence-electron chi connectivity index (χ2n) is 1.95. The van der Waals surface area contributed by atoms with E-state index < -0.39 is 0 Å². The molecular weight excluding hydrogens is 156 g/mol. The number of aliphatic imine (C=N–C) groups is 2. The number of carbonyl (C=O) groups is 1. The van der Waals surface area contributed by atoms with Crippen molar-refractivity contribution < 1.29 is 4.79 Å². The summed E-state index contributed by atoms with van der Waals surface area (Å²) in [4.78, 5) is 18.1. The molecule has 0 unspecified atom stereocenters. The van der Waals surface area contributed by atoms with Crippen LogP contribution in [0.3, 0.4) is 0 Å². The van der Waals surface area contributed by atoms with Crippen LogP contribution in [0.4, 0.5) is 0 Å². The summed E-state index contributed by atoms with van der Waals surface area (Å²) in [6.07, 6.45) is 2.52. The molecule has 0 atom stereocenters. The van der Waals surface area contributed by atoms with Gasteiger partial charge in [0.05, 0.1) is 12.9 Å². The molecule has 0 aliphatic heterocycles. The van der Waals surface area contributed by atoms with E-state index in [0.717, 1.165) is 6.54 Å². The van der Waals surface area contributed by atoms with Crippen LogP contribution in [-0.2, 0) is 4.79 Å². The van der Waals surface area contributed by atoms with Gasteiger partial charge in [0.2, 0.25) is 0 Å². The lowest BCUT2D eigenvalue weighted by Crippen LogP contribution is -2.18. The average molecular weight is 170 g/mol. The van der Waals surface area contributed by atoms with Gasteiger partial charge in [0.15, 0.2) is 0 Å².